The highest BCUT2D eigenvalue weighted by Gasteiger charge is 2.19. The van der Waals surface area contributed by atoms with E-state index in [-0.39, 0.29) is 11.4 Å². The monoisotopic (exact) mass is 362 g/mol. The molecule has 23 heavy (non-hydrogen) atoms. The van der Waals surface area contributed by atoms with Gasteiger partial charge in [-0.15, -0.1) is 0 Å². The molecule has 124 valence electrons. The van der Waals surface area contributed by atoms with Gasteiger partial charge in [-0.05, 0) is 35.9 Å². The lowest BCUT2D eigenvalue weighted by Crippen LogP contribution is -2.24. The summed E-state index contributed by atoms with van der Waals surface area (Å²) in [5, 5.41) is 4.94. The number of hydrogen-bond acceptors (Lipinski definition) is 4. The minimum Gasteiger partial charge on any atom is -0.225 e. The smallest absolute Gasteiger partial charge is 0.225 e. The lowest BCUT2D eigenvalue weighted by molar-refractivity contribution is 0.545. The van der Waals surface area contributed by atoms with Crippen LogP contribution < -0.4 is 9.86 Å². The normalized spacial score (nSPS) is 12.3. The predicted octanol–water partition coefficient (Wildman–Crippen LogP) is 1.09. The van der Waals surface area contributed by atoms with E-state index in [0.717, 1.165) is 6.07 Å². The molecule has 2 aromatic rings. The highest BCUT2D eigenvalue weighted by molar-refractivity contribution is 7.89. The zero-order valence-electron chi connectivity index (χ0n) is 11.5. The molecule has 0 radical (unpaired) electrons. The first-order valence-corrected chi connectivity index (χ1v) is 9.19. The Morgan fingerprint density at radius 2 is 1.57 bits per heavy atom. The molecule has 0 aliphatic rings. The summed E-state index contributed by atoms with van der Waals surface area (Å²) >= 11 is 0. The largest absolute Gasteiger partial charge is 0.243 e. The number of benzene rings is 2. The molecule has 6 nitrogen and oxygen atoms in total. The van der Waals surface area contributed by atoms with Gasteiger partial charge in [-0.25, -0.2) is 35.5 Å². The number of hydrogen-bond donors (Lipinski definition) is 2. The minimum atomic E-state index is -4.26. The fourth-order valence-electron chi connectivity index (χ4n) is 1.74. The molecular formula is C13H12F2N2O4S2. The molecule has 3 N–H and O–H groups in total. The summed E-state index contributed by atoms with van der Waals surface area (Å²) in [7, 11) is -8.10. The van der Waals surface area contributed by atoms with E-state index in [9.17, 15) is 25.6 Å². The van der Waals surface area contributed by atoms with Crippen LogP contribution in [-0.2, 0) is 26.6 Å². The van der Waals surface area contributed by atoms with Crippen LogP contribution in [-0.4, -0.2) is 16.8 Å². The van der Waals surface area contributed by atoms with Crippen molar-refractivity contribution in [3.05, 3.63) is 59.7 Å². The van der Waals surface area contributed by atoms with Gasteiger partial charge in [-0.3, -0.25) is 0 Å². The zero-order chi connectivity index (χ0) is 17.3. The minimum absolute atomic E-state index is 0.125. The van der Waals surface area contributed by atoms with Crippen molar-refractivity contribution >= 4 is 20.0 Å². The molecular weight excluding hydrogens is 350 g/mol. The van der Waals surface area contributed by atoms with Crippen LogP contribution in [0.1, 0.15) is 5.56 Å². The van der Waals surface area contributed by atoms with Crippen LogP contribution in [0.3, 0.4) is 0 Å². The standard InChI is InChI=1S/C13H12F2N2O4S2/c14-10-3-6-12(15)13(7-10)23(20,21)17-8-9-1-4-11(5-2-9)22(16,18)19/h1-7,17H,8H2,(H2,16,18,19). The summed E-state index contributed by atoms with van der Waals surface area (Å²) < 4.78 is 74.8. The van der Waals surface area contributed by atoms with Crippen LogP contribution in [0, 0.1) is 11.6 Å². The second-order valence-electron chi connectivity index (χ2n) is 4.59. The SMILES string of the molecule is NS(=O)(=O)c1ccc(CNS(=O)(=O)c2cc(F)ccc2F)cc1. The van der Waals surface area contributed by atoms with Gasteiger partial charge in [-0.1, -0.05) is 12.1 Å². The summed E-state index contributed by atoms with van der Waals surface area (Å²) in [6, 6.07) is 7.21. The van der Waals surface area contributed by atoms with Crippen LogP contribution in [0.4, 0.5) is 8.78 Å². The van der Waals surface area contributed by atoms with Crippen LogP contribution in [0.25, 0.3) is 0 Å². The number of sulfonamides is 2. The Bertz CT molecular complexity index is 927. The van der Waals surface area contributed by atoms with Crippen molar-refractivity contribution < 1.29 is 25.6 Å². The molecule has 2 aromatic carbocycles. The third-order valence-corrected chi connectivity index (χ3v) is 5.25. The van der Waals surface area contributed by atoms with Gasteiger partial charge in [0.1, 0.15) is 16.5 Å². The molecule has 0 spiro atoms. The first-order chi connectivity index (χ1) is 10.6. The Hall–Kier alpha value is -1.88. The van der Waals surface area contributed by atoms with Gasteiger partial charge in [-0.2, -0.15) is 0 Å². The molecule has 0 aliphatic heterocycles. The first kappa shape index (κ1) is 17.5. The molecule has 2 rings (SSSR count). The highest BCUT2D eigenvalue weighted by Crippen LogP contribution is 2.16. The molecule has 0 atom stereocenters. The van der Waals surface area contributed by atoms with Crippen molar-refractivity contribution in [1.29, 1.82) is 0 Å². The third-order valence-electron chi connectivity index (χ3n) is 2.90. The number of rotatable bonds is 5. The maximum Gasteiger partial charge on any atom is 0.243 e. The second-order valence-corrected chi connectivity index (χ2v) is 7.89. The fraction of sp³-hybridized carbons (Fsp3) is 0.0769. The zero-order valence-corrected chi connectivity index (χ0v) is 13.2. The number of nitrogens with one attached hydrogen (secondary N) is 1. The summed E-state index contributed by atoms with van der Waals surface area (Å²) in [5.41, 5.74) is 0.415. The molecule has 0 bridgehead atoms. The molecule has 0 aliphatic carbocycles. The number of halogens is 2. The predicted molar refractivity (Wildman–Crippen MR) is 78.2 cm³/mol. The van der Waals surface area contributed by atoms with Gasteiger partial charge < -0.3 is 0 Å². The molecule has 0 aromatic heterocycles. The lowest BCUT2D eigenvalue weighted by atomic mass is 10.2. The van der Waals surface area contributed by atoms with E-state index in [4.69, 9.17) is 5.14 Å². The third kappa shape index (κ3) is 4.32. The Labute approximate surface area is 132 Å². The van der Waals surface area contributed by atoms with Crippen molar-refractivity contribution in [2.24, 2.45) is 5.14 Å². The first-order valence-electron chi connectivity index (χ1n) is 6.16. The Balaban J connectivity index is 2.18. The molecule has 0 amide bonds. The molecule has 0 fully saturated rings. The average Bonchev–Trinajstić information content (AvgIpc) is 2.47. The van der Waals surface area contributed by atoms with E-state index in [2.05, 4.69) is 4.72 Å². The number of nitrogens with two attached hydrogens (primary N) is 1. The lowest BCUT2D eigenvalue weighted by Gasteiger charge is -2.08. The van der Waals surface area contributed by atoms with E-state index in [1.165, 1.54) is 24.3 Å². The quantitative estimate of drug-likeness (QED) is 0.830. The van der Waals surface area contributed by atoms with Gasteiger partial charge in [0, 0.05) is 6.54 Å². The maximum atomic E-state index is 13.5. The van der Waals surface area contributed by atoms with Crippen molar-refractivity contribution in [2.75, 3.05) is 0 Å². The molecule has 0 unspecified atom stereocenters. The van der Waals surface area contributed by atoms with E-state index in [1.807, 2.05) is 0 Å². The average molecular weight is 362 g/mol. The summed E-state index contributed by atoms with van der Waals surface area (Å²) in [6.07, 6.45) is 0. The van der Waals surface area contributed by atoms with Gasteiger partial charge >= 0.3 is 0 Å². The van der Waals surface area contributed by atoms with Gasteiger partial charge in [0.25, 0.3) is 0 Å². The van der Waals surface area contributed by atoms with Gasteiger partial charge in [0.2, 0.25) is 20.0 Å². The fourth-order valence-corrected chi connectivity index (χ4v) is 3.36. The highest BCUT2D eigenvalue weighted by atomic mass is 32.2. The Morgan fingerprint density at radius 1 is 0.957 bits per heavy atom. The maximum absolute atomic E-state index is 13.5. The van der Waals surface area contributed by atoms with E-state index < -0.39 is 36.6 Å². The van der Waals surface area contributed by atoms with E-state index >= 15 is 0 Å². The van der Waals surface area contributed by atoms with Crippen LogP contribution >= 0.6 is 0 Å². The van der Waals surface area contributed by atoms with Crippen LogP contribution in [0.2, 0.25) is 0 Å². The van der Waals surface area contributed by atoms with E-state index in [0.29, 0.717) is 17.7 Å². The van der Waals surface area contributed by atoms with Crippen molar-refractivity contribution in [3.63, 3.8) is 0 Å². The molecule has 10 heteroatoms. The second kappa shape index (κ2) is 6.32. The molecule has 0 saturated heterocycles. The van der Waals surface area contributed by atoms with Crippen molar-refractivity contribution in [1.82, 2.24) is 4.72 Å². The van der Waals surface area contributed by atoms with Gasteiger partial charge in [0.05, 0.1) is 4.90 Å². The summed E-state index contributed by atoms with van der Waals surface area (Å²) in [5.74, 6) is -1.97. The topological polar surface area (TPSA) is 106 Å². The van der Waals surface area contributed by atoms with Gasteiger partial charge in [0.15, 0.2) is 0 Å². The Morgan fingerprint density at radius 3 is 2.13 bits per heavy atom. The van der Waals surface area contributed by atoms with Crippen LogP contribution in [0.15, 0.2) is 52.3 Å². The number of primary sulfonamides is 1. The Kier molecular flexibility index (Phi) is 4.80. The summed E-state index contributed by atoms with van der Waals surface area (Å²) in [6.45, 7) is -0.233. The van der Waals surface area contributed by atoms with Crippen LogP contribution in [0.5, 0.6) is 0 Å². The van der Waals surface area contributed by atoms with Crippen molar-refractivity contribution in [3.8, 4) is 0 Å². The van der Waals surface area contributed by atoms with E-state index in [1.54, 1.807) is 0 Å². The summed E-state index contributed by atoms with van der Waals surface area (Å²) in [4.78, 5) is -0.932. The molecule has 0 heterocycles. The van der Waals surface area contributed by atoms with Crippen molar-refractivity contribution in [2.45, 2.75) is 16.3 Å². The molecule has 0 saturated carbocycles.